The van der Waals surface area contributed by atoms with E-state index in [9.17, 15) is 0 Å². The number of nitrogens with zero attached hydrogens (tertiary/aromatic N) is 5. The van der Waals surface area contributed by atoms with Gasteiger partial charge < -0.3 is 9.13 Å². The zero-order valence-corrected chi connectivity index (χ0v) is 40.3. The maximum absolute atomic E-state index is 7.48. The van der Waals surface area contributed by atoms with Crippen LogP contribution in [0.5, 0.6) is 0 Å². The summed E-state index contributed by atoms with van der Waals surface area (Å²) >= 11 is 0. The van der Waals surface area contributed by atoms with Gasteiger partial charge in [0.2, 0.25) is 0 Å². The van der Waals surface area contributed by atoms with Crippen LogP contribution >= 0.6 is 0 Å². The minimum absolute atomic E-state index is 0. The zero-order chi connectivity index (χ0) is 44.3. The fourth-order valence-corrected chi connectivity index (χ4v) is 9.16. The number of imidazole rings is 2. The van der Waals surface area contributed by atoms with Gasteiger partial charge in [-0.15, -0.1) is 71.8 Å². The fourth-order valence-electron chi connectivity index (χ4n) is 9.16. The molecular formula is C59H53IrN5-2. The van der Waals surface area contributed by atoms with Crippen LogP contribution < -0.4 is 0 Å². The molecule has 5 nitrogen and oxygen atoms in total. The molecule has 0 aliphatic rings. The van der Waals surface area contributed by atoms with Gasteiger partial charge in [-0.3, -0.25) is 9.97 Å². The molecule has 0 amide bonds. The number of rotatable bonds is 10. The van der Waals surface area contributed by atoms with Crippen LogP contribution in [0.15, 0.2) is 158 Å². The molecule has 0 spiro atoms. The quantitative estimate of drug-likeness (QED) is 0.128. The molecule has 0 atom stereocenters. The molecule has 325 valence electrons. The summed E-state index contributed by atoms with van der Waals surface area (Å²) < 4.78 is 4.69. The molecule has 0 aliphatic carbocycles. The van der Waals surface area contributed by atoms with E-state index in [1.165, 1.54) is 43.9 Å². The van der Waals surface area contributed by atoms with Gasteiger partial charge in [0.05, 0.1) is 40.3 Å². The van der Waals surface area contributed by atoms with Crippen LogP contribution in [-0.4, -0.2) is 19.1 Å². The van der Waals surface area contributed by atoms with E-state index in [-0.39, 0.29) is 20.1 Å². The molecule has 10 rings (SSSR count). The van der Waals surface area contributed by atoms with Gasteiger partial charge in [0.25, 0.3) is 0 Å². The predicted molar refractivity (Wildman–Crippen MR) is 268 cm³/mol. The number of fused-ring (bicyclic) bond motifs is 6. The third-order valence-corrected chi connectivity index (χ3v) is 11.7. The first kappa shape index (κ1) is 44.9. The molecule has 1 radical (unpaired) electrons. The minimum atomic E-state index is 0. The van der Waals surface area contributed by atoms with E-state index in [2.05, 4.69) is 183 Å². The van der Waals surface area contributed by atoms with Gasteiger partial charge in [0.1, 0.15) is 0 Å². The number of para-hydroxylation sites is 1. The molecule has 0 N–H and O–H groups in total. The van der Waals surface area contributed by atoms with Crippen molar-refractivity contribution in [1.82, 2.24) is 19.1 Å². The van der Waals surface area contributed by atoms with Crippen molar-refractivity contribution in [3.63, 3.8) is 0 Å². The fraction of sp³-hybridized carbons (Fsp3) is 0.203. The van der Waals surface area contributed by atoms with Crippen molar-refractivity contribution in [2.45, 2.75) is 60.8 Å². The van der Waals surface area contributed by atoms with E-state index in [0.717, 1.165) is 69.8 Å². The number of hydrogen-bond acceptors (Lipinski definition) is 2. The number of aromatic nitrogens is 4. The molecule has 10 aromatic rings. The van der Waals surface area contributed by atoms with Gasteiger partial charge in [-0.1, -0.05) is 133 Å². The molecular weight excluding hydrogens is 971 g/mol. The monoisotopic (exact) mass is 1020 g/mol. The van der Waals surface area contributed by atoms with E-state index in [4.69, 9.17) is 16.5 Å². The second-order valence-corrected chi connectivity index (χ2v) is 18.0. The van der Waals surface area contributed by atoms with Gasteiger partial charge in [-0.2, -0.15) is 0 Å². The molecule has 0 aliphatic heterocycles. The number of benzene rings is 8. The first-order valence-corrected chi connectivity index (χ1v) is 22.5. The normalized spacial score (nSPS) is 11.4. The van der Waals surface area contributed by atoms with E-state index < -0.39 is 0 Å². The summed E-state index contributed by atoms with van der Waals surface area (Å²) in [7, 11) is 0. The molecule has 6 heteroatoms. The molecule has 0 unspecified atom stereocenters. The average Bonchev–Trinajstić information content (AvgIpc) is 3.89. The van der Waals surface area contributed by atoms with Crippen molar-refractivity contribution in [1.29, 1.82) is 0 Å². The summed E-state index contributed by atoms with van der Waals surface area (Å²) in [6.07, 6.45) is 2.95. The first-order chi connectivity index (χ1) is 31.2. The topological polar surface area (TPSA) is 40.0 Å². The van der Waals surface area contributed by atoms with Crippen molar-refractivity contribution in [3.05, 3.63) is 198 Å². The Morgan fingerprint density at radius 3 is 1.48 bits per heavy atom. The summed E-state index contributed by atoms with van der Waals surface area (Å²) in [5, 5.41) is 4.82. The molecule has 0 saturated carbocycles. The maximum Gasteiger partial charge on any atom is 0.187 e. The van der Waals surface area contributed by atoms with Gasteiger partial charge in [0, 0.05) is 42.3 Å². The Labute approximate surface area is 397 Å². The van der Waals surface area contributed by atoms with Crippen molar-refractivity contribution >= 4 is 49.3 Å². The van der Waals surface area contributed by atoms with Crippen molar-refractivity contribution in [2.24, 2.45) is 17.8 Å². The van der Waals surface area contributed by atoms with Gasteiger partial charge in [-0.05, 0) is 82.7 Å². The second-order valence-electron chi connectivity index (χ2n) is 18.0. The Morgan fingerprint density at radius 1 is 0.508 bits per heavy atom. The summed E-state index contributed by atoms with van der Waals surface area (Å²) in [5.41, 5.74) is 13.2. The predicted octanol–water partition coefficient (Wildman–Crippen LogP) is 15.4. The maximum atomic E-state index is 7.48. The standard InChI is InChI=1S/C31H31N2.C28H22N3.Ir/c1-21(2)19-25-14-10-15-26(20-22(3)4)29(25)33-30-27-16-9-8-11-23(27)17-18-28(30)32-31(33)24-12-6-5-7-13-24;1-19(2)17-22-18-23(29-3)14-16-26(22)31-27-24-12-8-7-9-20(24)13-15-25(27)30-28(31)21-10-5-4-6-11-21;/h5-12,14-18,21-22H,19-20H2,1-4H3;4-10,12-16,18-19H,17H2,1-2H3;/q2*-1;. The Kier molecular flexibility index (Phi) is 13.6. The summed E-state index contributed by atoms with van der Waals surface area (Å²) in [5.74, 6) is 3.43. The molecule has 0 saturated heterocycles. The third-order valence-electron chi connectivity index (χ3n) is 11.7. The summed E-state index contributed by atoms with van der Waals surface area (Å²) in [6, 6.07) is 61.4. The number of hydrogen-bond donors (Lipinski definition) is 0. The zero-order valence-electron chi connectivity index (χ0n) is 37.9. The van der Waals surface area contributed by atoms with Crippen molar-refractivity contribution in [2.75, 3.05) is 0 Å². The first-order valence-electron chi connectivity index (χ1n) is 22.5. The third kappa shape index (κ3) is 9.18. The molecule has 8 aromatic carbocycles. The Morgan fingerprint density at radius 2 is 0.985 bits per heavy atom. The van der Waals surface area contributed by atoms with Gasteiger partial charge >= 0.3 is 0 Å². The smallest absolute Gasteiger partial charge is 0.187 e. The van der Waals surface area contributed by atoms with Crippen molar-refractivity contribution in [3.8, 4) is 34.2 Å². The minimum Gasteiger partial charge on any atom is -0.332 e. The Hall–Kier alpha value is -6.64. The van der Waals surface area contributed by atoms with Crippen LogP contribution in [0.2, 0.25) is 0 Å². The van der Waals surface area contributed by atoms with Crippen LogP contribution in [0.1, 0.15) is 58.2 Å². The van der Waals surface area contributed by atoms with Gasteiger partial charge in [0.15, 0.2) is 5.69 Å². The van der Waals surface area contributed by atoms with Crippen LogP contribution in [-0.2, 0) is 39.4 Å². The summed E-state index contributed by atoms with van der Waals surface area (Å²) in [4.78, 5) is 13.9. The van der Waals surface area contributed by atoms with E-state index in [1.807, 2.05) is 42.5 Å². The molecule has 65 heavy (non-hydrogen) atoms. The molecule has 2 heterocycles. The molecule has 0 fully saturated rings. The van der Waals surface area contributed by atoms with E-state index in [0.29, 0.717) is 23.4 Å². The SMILES string of the molecule is CC(C)Cc1cccc(CC(C)C)c1-n1c(-c2[c-]cccc2)nc2ccc3ccccc3c21.[C-]#[N+]c1ccc(-n2c(-c3[c-]cccc3)nc3ccc4ccccc4c32)c(CC(C)C)c1.[Ir]. The van der Waals surface area contributed by atoms with Crippen LogP contribution in [0, 0.1) is 36.5 Å². The van der Waals surface area contributed by atoms with Crippen LogP contribution in [0.3, 0.4) is 0 Å². The second kappa shape index (κ2) is 19.6. The van der Waals surface area contributed by atoms with E-state index >= 15 is 0 Å². The van der Waals surface area contributed by atoms with Crippen LogP contribution in [0.25, 0.3) is 82.6 Å². The van der Waals surface area contributed by atoms with Gasteiger partial charge in [-0.25, -0.2) is 4.85 Å². The van der Waals surface area contributed by atoms with E-state index in [1.54, 1.807) is 0 Å². The Bertz CT molecular complexity index is 3270. The Balaban J connectivity index is 0.000000175. The largest absolute Gasteiger partial charge is 0.332 e. The summed E-state index contributed by atoms with van der Waals surface area (Å²) in [6.45, 7) is 21.1. The van der Waals surface area contributed by atoms with Crippen molar-refractivity contribution < 1.29 is 20.1 Å². The molecule has 0 bridgehead atoms. The van der Waals surface area contributed by atoms with Crippen LogP contribution in [0.4, 0.5) is 5.69 Å². The average molecular weight is 1020 g/mol. The molecule has 2 aromatic heterocycles.